The van der Waals surface area contributed by atoms with Gasteiger partial charge in [-0.25, -0.2) is 14.4 Å². The van der Waals surface area contributed by atoms with Gasteiger partial charge in [-0.3, -0.25) is 9.59 Å². The molecule has 6 rings (SSSR count). The summed E-state index contributed by atoms with van der Waals surface area (Å²) in [7, 11) is 0. The molecule has 10 nitrogen and oxygen atoms in total. The van der Waals surface area contributed by atoms with Crippen LogP contribution in [0.1, 0.15) is 48.3 Å². The predicted octanol–water partition coefficient (Wildman–Crippen LogP) is 3.86. The molecule has 216 valence electrons. The highest BCUT2D eigenvalue weighted by molar-refractivity contribution is 5.96. The Balaban J connectivity index is 1.30. The summed E-state index contributed by atoms with van der Waals surface area (Å²) >= 11 is 0. The number of aliphatic hydroxyl groups is 1. The highest BCUT2D eigenvalue weighted by Gasteiger charge is 2.45. The molecule has 2 aliphatic rings. The number of primary amides is 1. The van der Waals surface area contributed by atoms with Crippen molar-refractivity contribution >= 4 is 11.8 Å². The van der Waals surface area contributed by atoms with Gasteiger partial charge in [-0.05, 0) is 75.2 Å². The number of pyridine rings is 1. The van der Waals surface area contributed by atoms with Gasteiger partial charge >= 0.3 is 0 Å². The average molecular weight is 573 g/mol. The first kappa shape index (κ1) is 27.4. The Morgan fingerprint density at radius 1 is 1.21 bits per heavy atom. The van der Waals surface area contributed by atoms with Gasteiger partial charge < -0.3 is 30.0 Å². The molecule has 2 aromatic heterocycles. The fourth-order valence-electron chi connectivity index (χ4n) is 4.77. The summed E-state index contributed by atoms with van der Waals surface area (Å²) < 4.78 is 31.0. The Bertz CT molecular complexity index is 1670. The van der Waals surface area contributed by atoms with Gasteiger partial charge in [-0.1, -0.05) is 0 Å². The Morgan fingerprint density at radius 3 is 2.64 bits per heavy atom. The van der Waals surface area contributed by atoms with Crippen LogP contribution in [0.15, 0.2) is 65.4 Å². The number of amides is 2. The van der Waals surface area contributed by atoms with Crippen LogP contribution in [0.25, 0.3) is 22.7 Å². The largest absolute Gasteiger partial charge is 0.490 e. The maximum atomic E-state index is 13.7. The second kappa shape index (κ2) is 10.3. The molecule has 2 amide bonds. The van der Waals surface area contributed by atoms with E-state index < -0.39 is 28.6 Å². The van der Waals surface area contributed by atoms with E-state index in [1.54, 1.807) is 31.2 Å². The lowest BCUT2D eigenvalue weighted by molar-refractivity contribution is -0.123. The smallest absolute Gasteiger partial charge is 0.251 e. The molecule has 4 N–H and O–H groups in total. The zero-order chi connectivity index (χ0) is 29.6. The van der Waals surface area contributed by atoms with Crippen molar-refractivity contribution in [1.82, 2.24) is 15.3 Å². The van der Waals surface area contributed by atoms with Crippen LogP contribution in [0.5, 0.6) is 11.5 Å². The number of carbonyl (C=O) groups is 2. The van der Waals surface area contributed by atoms with Crippen LogP contribution in [0.2, 0.25) is 0 Å². The van der Waals surface area contributed by atoms with Gasteiger partial charge in [0.2, 0.25) is 11.8 Å². The van der Waals surface area contributed by atoms with E-state index in [1.165, 1.54) is 43.6 Å². The van der Waals surface area contributed by atoms with Crippen molar-refractivity contribution in [3.8, 4) is 34.2 Å². The topological polar surface area (TPSA) is 150 Å². The third-order valence-electron chi connectivity index (χ3n) is 7.60. The molecule has 0 bridgehead atoms. The molecule has 4 aromatic rings. The number of ether oxygens (including phenoxy) is 2. The van der Waals surface area contributed by atoms with E-state index in [2.05, 4.69) is 15.3 Å². The van der Waals surface area contributed by atoms with Gasteiger partial charge in [0.25, 0.3) is 5.91 Å². The van der Waals surface area contributed by atoms with Crippen molar-refractivity contribution in [3.05, 3.63) is 83.6 Å². The Hall–Kier alpha value is -4.77. The molecule has 42 heavy (non-hydrogen) atoms. The Morgan fingerprint density at radius 2 is 1.98 bits per heavy atom. The highest BCUT2D eigenvalue weighted by Crippen LogP contribution is 2.45. The van der Waals surface area contributed by atoms with Crippen LogP contribution < -0.4 is 20.5 Å². The van der Waals surface area contributed by atoms with Crippen molar-refractivity contribution in [2.24, 2.45) is 5.73 Å². The Kier molecular flexibility index (Phi) is 6.69. The fourth-order valence-corrected chi connectivity index (χ4v) is 4.77. The molecule has 0 saturated heterocycles. The molecule has 0 unspecified atom stereocenters. The molecule has 1 aliphatic heterocycles. The van der Waals surface area contributed by atoms with Gasteiger partial charge in [-0.2, -0.15) is 0 Å². The molecule has 1 aliphatic carbocycles. The normalized spacial score (nSPS) is 19.0. The van der Waals surface area contributed by atoms with E-state index >= 15 is 0 Å². The first-order chi connectivity index (χ1) is 20.0. The monoisotopic (exact) mass is 572 g/mol. The fraction of sp³-hybridized carbons (Fsp3) is 0.290. The van der Waals surface area contributed by atoms with Crippen LogP contribution in [0, 0.1) is 5.82 Å². The Labute approximate surface area is 240 Å². The summed E-state index contributed by atoms with van der Waals surface area (Å²) in [6.45, 7) is 2.92. The number of fused-ring (bicyclic) bond motifs is 1. The molecular weight excluding hydrogens is 543 g/mol. The number of hydrogen-bond donors (Lipinski definition) is 3. The summed E-state index contributed by atoms with van der Waals surface area (Å²) in [5.74, 6) is -0.262. The van der Waals surface area contributed by atoms with E-state index in [9.17, 15) is 19.1 Å². The number of benzene rings is 2. The zero-order valence-electron chi connectivity index (χ0n) is 23.0. The zero-order valence-corrected chi connectivity index (χ0v) is 23.0. The summed E-state index contributed by atoms with van der Waals surface area (Å²) in [6.07, 6.45) is 5.02. The maximum absolute atomic E-state index is 13.7. The third kappa shape index (κ3) is 5.07. The summed E-state index contributed by atoms with van der Waals surface area (Å²) in [6, 6.07) is 12.2. The number of carbonyl (C=O) groups excluding carboxylic acids is 2. The van der Waals surface area contributed by atoms with E-state index in [1.807, 2.05) is 0 Å². The van der Waals surface area contributed by atoms with Crippen LogP contribution in [-0.2, 0) is 15.8 Å². The van der Waals surface area contributed by atoms with Crippen LogP contribution in [0.4, 0.5) is 4.39 Å². The molecule has 0 radical (unpaired) electrons. The number of nitrogens with two attached hydrogens (primary N) is 1. The van der Waals surface area contributed by atoms with E-state index in [4.69, 9.17) is 19.6 Å². The second-order valence-electron chi connectivity index (χ2n) is 11.0. The lowest BCUT2D eigenvalue weighted by atomic mass is 9.82. The molecule has 1 fully saturated rings. The number of aromatic nitrogens is 2. The van der Waals surface area contributed by atoms with Crippen LogP contribution in [-0.4, -0.2) is 46.1 Å². The van der Waals surface area contributed by atoms with Gasteiger partial charge in [0.05, 0.1) is 30.1 Å². The van der Waals surface area contributed by atoms with Gasteiger partial charge in [-0.15, -0.1) is 0 Å². The second-order valence-corrected chi connectivity index (χ2v) is 11.0. The summed E-state index contributed by atoms with van der Waals surface area (Å²) in [5, 5.41) is 14.3. The van der Waals surface area contributed by atoms with Crippen LogP contribution in [0.3, 0.4) is 0 Å². The van der Waals surface area contributed by atoms with Crippen molar-refractivity contribution in [1.29, 1.82) is 0 Å². The molecule has 2 atom stereocenters. The van der Waals surface area contributed by atoms with Gasteiger partial charge in [0, 0.05) is 16.7 Å². The SMILES string of the molecule is C[C@](O)(CNC(=O)c1ccc(OC2CC2)c(-c2ncco2)c1)c1cc2c(c(-c3ccc(F)cc3)n1)OC[C@]2(C)C(N)=O. The molecule has 1 saturated carbocycles. The molecule has 0 spiro atoms. The van der Waals surface area contributed by atoms with Crippen molar-refractivity contribution in [3.63, 3.8) is 0 Å². The molecule has 2 aromatic carbocycles. The minimum Gasteiger partial charge on any atom is -0.490 e. The van der Waals surface area contributed by atoms with E-state index in [-0.39, 0.29) is 24.9 Å². The lowest BCUT2D eigenvalue weighted by Gasteiger charge is -2.26. The third-order valence-corrected chi connectivity index (χ3v) is 7.60. The van der Waals surface area contributed by atoms with Crippen LogP contribution >= 0.6 is 0 Å². The number of nitrogens with one attached hydrogen (secondary N) is 1. The maximum Gasteiger partial charge on any atom is 0.251 e. The predicted molar refractivity (Wildman–Crippen MR) is 149 cm³/mol. The number of hydrogen-bond acceptors (Lipinski definition) is 8. The van der Waals surface area contributed by atoms with E-state index in [0.29, 0.717) is 45.3 Å². The minimum absolute atomic E-state index is 0.0107. The van der Waals surface area contributed by atoms with Crippen molar-refractivity contribution in [2.45, 2.75) is 43.8 Å². The van der Waals surface area contributed by atoms with Crippen molar-refractivity contribution < 1.29 is 33.0 Å². The number of halogens is 1. The molecule has 11 heteroatoms. The number of rotatable bonds is 9. The molecular formula is C31H29FN4O6. The minimum atomic E-state index is -1.68. The average Bonchev–Trinajstić information content (AvgIpc) is 3.48. The lowest BCUT2D eigenvalue weighted by Crippen LogP contribution is -2.41. The summed E-state index contributed by atoms with van der Waals surface area (Å²) in [5.41, 5.74) is 5.20. The van der Waals surface area contributed by atoms with Gasteiger partial charge in [0.15, 0.2) is 0 Å². The summed E-state index contributed by atoms with van der Waals surface area (Å²) in [4.78, 5) is 34.5. The van der Waals surface area contributed by atoms with Crippen molar-refractivity contribution in [2.75, 3.05) is 13.2 Å². The van der Waals surface area contributed by atoms with E-state index in [0.717, 1.165) is 12.8 Å². The first-order valence-corrected chi connectivity index (χ1v) is 13.5. The number of nitrogens with zero attached hydrogens (tertiary/aromatic N) is 2. The van der Waals surface area contributed by atoms with Gasteiger partial charge in [0.1, 0.15) is 46.9 Å². The quantitative estimate of drug-likeness (QED) is 0.274. The first-order valence-electron chi connectivity index (χ1n) is 13.5. The number of oxazole rings is 1. The standard InChI is InChI=1S/C31H29FN4O6/c1-30(29(33)38)16-41-26-22(30)14-24(36-25(26)17-3-6-19(32)7-4-17)31(2,39)15-35-27(37)18-5-10-23(42-20-8-9-20)21(13-18)28-34-11-12-40-28/h3-7,10-14,20,39H,8-9,15-16H2,1-2H3,(H2,33,38)(H,35,37)/t30-,31-/m0/s1. The molecule has 3 heterocycles. The highest BCUT2D eigenvalue weighted by atomic mass is 19.1.